The molecule has 2 N–H and O–H groups in total. The SMILES string of the molecule is NCC1(c2ccc(OCc3ccccc3)cc2)OCCO1. The fourth-order valence-electron chi connectivity index (χ4n) is 2.40. The zero-order valence-electron chi connectivity index (χ0n) is 11.8. The zero-order chi connectivity index (χ0) is 14.5. The molecule has 0 amide bonds. The lowest BCUT2D eigenvalue weighted by molar-refractivity contribution is -0.156. The van der Waals surface area contributed by atoms with Crippen LogP contribution in [0.25, 0.3) is 0 Å². The maximum Gasteiger partial charge on any atom is 0.207 e. The van der Waals surface area contributed by atoms with E-state index < -0.39 is 5.79 Å². The van der Waals surface area contributed by atoms with Gasteiger partial charge in [0.15, 0.2) is 0 Å². The zero-order valence-corrected chi connectivity index (χ0v) is 11.8. The van der Waals surface area contributed by atoms with Crippen molar-refractivity contribution >= 4 is 0 Å². The van der Waals surface area contributed by atoms with Gasteiger partial charge in [0, 0.05) is 5.56 Å². The quantitative estimate of drug-likeness (QED) is 0.916. The summed E-state index contributed by atoms with van der Waals surface area (Å²) in [5.74, 6) is 0.0191. The van der Waals surface area contributed by atoms with E-state index in [1.54, 1.807) is 0 Å². The molecule has 0 aliphatic carbocycles. The van der Waals surface area contributed by atoms with Gasteiger partial charge >= 0.3 is 0 Å². The highest BCUT2D eigenvalue weighted by Crippen LogP contribution is 2.31. The fourth-order valence-corrected chi connectivity index (χ4v) is 2.40. The molecule has 0 atom stereocenters. The first-order valence-corrected chi connectivity index (χ1v) is 7.08. The van der Waals surface area contributed by atoms with E-state index in [1.165, 1.54) is 0 Å². The highest BCUT2D eigenvalue weighted by molar-refractivity contribution is 5.31. The molecule has 0 saturated carbocycles. The molecule has 4 heteroatoms. The molecule has 4 nitrogen and oxygen atoms in total. The molecule has 0 spiro atoms. The first-order chi connectivity index (χ1) is 10.3. The van der Waals surface area contributed by atoms with Crippen LogP contribution in [0, 0.1) is 0 Å². The van der Waals surface area contributed by atoms with Gasteiger partial charge in [-0.05, 0) is 29.8 Å². The average molecular weight is 285 g/mol. The number of ether oxygens (including phenoxy) is 3. The maximum atomic E-state index is 5.79. The van der Waals surface area contributed by atoms with E-state index in [-0.39, 0.29) is 0 Å². The number of benzene rings is 2. The Morgan fingerprint density at radius 2 is 1.62 bits per heavy atom. The van der Waals surface area contributed by atoms with Gasteiger partial charge in [-0.25, -0.2) is 0 Å². The van der Waals surface area contributed by atoms with Gasteiger partial charge in [0.1, 0.15) is 12.4 Å². The molecule has 21 heavy (non-hydrogen) atoms. The number of hydrogen-bond donors (Lipinski definition) is 1. The Balaban J connectivity index is 1.67. The Hall–Kier alpha value is -1.88. The molecular formula is C17H19NO3. The van der Waals surface area contributed by atoms with E-state index in [0.717, 1.165) is 16.9 Å². The van der Waals surface area contributed by atoms with Crippen LogP contribution in [-0.2, 0) is 21.9 Å². The Morgan fingerprint density at radius 1 is 0.952 bits per heavy atom. The third-order valence-electron chi connectivity index (χ3n) is 3.56. The van der Waals surface area contributed by atoms with Crippen molar-refractivity contribution in [1.29, 1.82) is 0 Å². The lowest BCUT2D eigenvalue weighted by Crippen LogP contribution is -2.36. The van der Waals surface area contributed by atoms with Gasteiger partial charge in [-0.1, -0.05) is 30.3 Å². The van der Waals surface area contributed by atoms with E-state index in [4.69, 9.17) is 19.9 Å². The van der Waals surface area contributed by atoms with E-state index in [1.807, 2.05) is 54.6 Å². The molecule has 0 unspecified atom stereocenters. The smallest absolute Gasteiger partial charge is 0.207 e. The third kappa shape index (κ3) is 3.08. The molecule has 0 aromatic heterocycles. The monoisotopic (exact) mass is 285 g/mol. The first kappa shape index (κ1) is 14.1. The van der Waals surface area contributed by atoms with Crippen LogP contribution < -0.4 is 10.5 Å². The van der Waals surface area contributed by atoms with Crippen molar-refractivity contribution in [3.8, 4) is 5.75 Å². The molecule has 0 bridgehead atoms. The van der Waals surface area contributed by atoms with Gasteiger partial charge in [-0.3, -0.25) is 0 Å². The maximum absolute atomic E-state index is 5.79. The Bertz CT molecular complexity index is 562. The van der Waals surface area contributed by atoms with Gasteiger partial charge in [0.2, 0.25) is 5.79 Å². The molecule has 1 aliphatic heterocycles. The van der Waals surface area contributed by atoms with E-state index in [9.17, 15) is 0 Å². The van der Waals surface area contributed by atoms with Gasteiger partial charge in [0.25, 0.3) is 0 Å². The van der Waals surface area contributed by atoms with Gasteiger partial charge in [-0.2, -0.15) is 0 Å². The predicted octanol–water partition coefficient (Wildman–Crippen LogP) is 2.42. The summed E-state index contributed by atoms with van der Waals surface area (Å²) in [6.07, 6.45) is 0. The molecule has 1 fully saturated rings. The molecule has 1 heterocycles. The Kier molecular flexibility index (Phi) is 4.20. The van der Waals surface area contributed by atoms with Crippen LogP contribution in [0.2, 0.25) is 0 Å². The summed E-state index contributed by atoms with van der Waals surface area (Å²) in [7, 11) is 0. The topological polar surface area (TPSA) is 53.7 Å². The van der Waals surface area contributed by atoms with Crippen LogP contribution in [0.3, 0.4) is 0 Å². The largest absolute Gasteiger partial charge is 0.489 e. The van der Waals surface area contributed by atoms with Gasteiger partial charge in [0.05, 0.1) is 19.8 Å². The second-order valence-electron chi connectivity index (χ2n) is 4.95. The number of nitrogens with two attached hydrogens (primary N) is 1. The van der Waals surface area contributed by atoms with Gasteiger partial charge < -0.3 is 19.9 Å². The fraction of sp³-hybridized carbons (Fsp3) is 0.294. The van der Waals surface area contributed by atoms with Crippen molar-refractivity contribution in [3.63, 3.8) is 0 Å². The molecular weight excluding hydrogens is 266 g/mol. The molecule has 110 valence electrons. The molecule has 3 rings (SSSR count). The van der Waals surface area contributed by atoms with E-state index in [0.29, 0.717) is 26.4 Å². The van der Waals surface area contributed by atoms with Crippen molar-refractivity contribution in [2.75, 3.05) is 19.8 Å². The minimum absolute atomic E-state index is 0.303. The molecule has 1 aliphatic rings. The predicted molar refractivity (Wildman–Crippen MR) is 79.9 cm³/mol. The summed E-state index contributed by atoms with van der Waals surface area (Å²) in [5, 5.41) is 0. The van der Waals surface area contributed by atoms with Gasteiger partial charge in [-0.15, -0.1) is 0 Å². The Labute approximate surface area is 124 Å². The summed E-state index contributed by atoms with van der Waals surface area (Å²) in [6, 6.07) is 17.8. The van der Waals surface area contributed by atoms with Crippen molar-refractivity contribution in [1.82, 2.24) is 0 Å². The van der Waals surface area contributed by atoms with Crippen LogP contribution in [0.4, 0.5) is 0 Å². The summed E-state index contributed by atoms with van der Waals surface area (Å²) >= 11 is 0. The van der Waals surface area contributed by atoms with E-state index in [2.05, 4.69) is 0 Å². The first-order valence-electron chi connectivity index (χ1n) is 7.08. The van der Waals surface area contributed by atoms with Crippen molar-refractivity contribution in [2.45, 2.75) is 12.4 Å². The highest BCUT2D eigenvalue weighted by atomic mass is 16.7. The van der Waals surface area contributed by atoms with Crippen LogP contribution in [0.1, 0.15) is 11.1 Å². The normalized spacial score (nSPS) is 16.8. The van der Waals surface area contributed by atoms with Crippen molar-refractivity contribution < 1.29 is 14.2 Å². The molecule has 2 aromatic rings. The average Bonchev–Trinajstić information content (AvgIpc) is 3.05. The minimum Gasteiger partial charge on any atom is -0.489 e. The lowest BCUT2D eigenvalue weighted by Gasteiger charge is -2.26. The van der Waals surface area contributed by atoms with Crippen molar-refractivity contribution in [3.05, 3.63) is 65.7 Å². The van der Waals surface area contributed by atoms with Crippen LogP contribution in [-0.4, -0.2) is 19.8 Å². The standard InChI is InChI=1S/C17H19NO3/c18-13-17(20-10-11-21-17)15-6-8-16(9-7-15)19-12-14-4-2-1-3-5-14/h1-9H,10-13,18H2. The Morgan fingerprint density at radius 3 is 2.24 bits per heavy atom. The molecule has 2 aromatic carbocycles. The minimum atomic E-state index is -0.794. The number of hydrogen-bond acceptors (Lipinski definition) is 4. The third-order valence-corrected chi connectivity index (χ3v) is 3.56. The van der Waals surface area contributed by atoms with Crippen LogP contribution in [0.5, 0.6) is 5.75 Å². The van der Waals surface area contributed by atoms with Crippen LogP contribution in [0.15, 0.2) is 54.6 Å². The highest BCUT2D eigenvalue weighted by Gasteiger charge is 2.37. The summed E-state index contributed by atoms with van der Waals surface area (Å²) in [5.41, 5.74) is 7.86. The van der Waals surface area contributed by atoms with Crippen molar-refractivity contribution in [2.24, 2.45) is 5.73 Å². The summed E-state index contributed by atoms with van der Waals surface area (Å²) in [4.78, 5) is 0. The lowest BCUT2D eigenvalue weighted by atomic mass is 10.1. The van der Waals surface area contributed by atoms with Crippen LogP contribution >= 0.6 is 0 Å². The van der Waals surface area contributed by atoms with E-state index >= 15 is 0 Å². The summed E-state index contributed by atoms with van der Waals surface area (Å²) < 4.78 is 17.1. The number of rotatable bonds is 5. The summed E-state index contributed by atoms with van der Waals surface area (Å²) in [6.45, 7) is 2.00. The molecule has 0 radical (unpaired) electrons. The second-order valence-corrected chi connectivity index (χ2v) is 4.95. The second kappa shape index (κ2) is 6.26. The molecule has 1 saturated heterocycles.